The number of anilines is 6. The van der Waals surface area contributed by atoms with E-state index >= 15 is 0 Å². The molecule has 0 N–H and O–H groups in total. The summed E-state index contributed by atoms with van der Waals surface area (Å²) in [5, 5.41) is 14.0. The fourth-order valence-electron chi connectivity index (χ4n) is 17.1. The molecule has 0 amide bonds. The topological polar surface area (TPSA) is 41.6 Å². The minimum absolute atomic E-state index is 0.864. The van der Waals surface area contributed by atoms with Crippen molar-refractivity contribution in [1.29, 1.82) is 0 Å². The van der Waals surface area contributed by atoms with Crippen LogP contribution in [-0.2, 0) is 0 Å². The summed E-state index contributed by atoms with van der Waals surface area (Å²) in [6.07, 6.45) is 0. The second-order valence-corrected chi connectivity index (χ2v) is 27.2. The molecule has 0 aliphatic heterocycles. The summed E-state index contributed by atoms with van der Waals surface area (Å²) in [6, 6.07) is 112. The number of para-hydroxylation sites is 4. The van der Waals surface area contributed by atoms with Gasteiger partial charge in [0.15, 0.2) is 11.2 Å². The molecule has 0 aliphatic carbocycles. The first-order valence-corrected chi connectivity index (χ1v) is 34.6. The smallest absolute Gasteiger partial charge is 0.159 e. The van der Waals surface area contributed by atoms with E-state index in [0.717, 1.165) is 134 Å². The van der Waals surface area contributed by atoms with Gasteiger partial charge in [0.05, 0.1) is 44.5 Å². The lowest BCUT2D eigenvalue weighted by atomic mass is 9.89. The Morgan fingerprint density at radius 2 is 0.610 bits per heavy atom. The molecule has 0 aliphatic rings. The molecule has 0 bridgehead atoms. The highest BCUT2D eigenvalue weighted by Gasteiger charge is 2.33. The van der Waals surface area contributed by atoms with Crippen LogP contribution in [-0.4, -0.2) is 8.80 Å². The Balaban J connectivity index is 0.850. The van der Waals surface area contributed by atoms with Gasteiger partial charge in [-0.15, -0.1) is 0 Å². The van der Waals surface area contributed by atoms with Crippen molar-refractivity contribution in [1.82, 2.24) is 8.80 Å². The maximum atomic E-state index is 7.01. The molecule has 0 radical (unpaired) electrons. The minimum atomic E-state index is 0.864. The zero-order valence-electron chi connectivity index (χ0n) is 55.5. The number of aromatic nitrogens is 2. The van der Waals surface area contributed by atoms with Gasteiger partial charge in [0.25, 0.3) is 0 Å². The van der Waals surface area contributed by atoms with E-state index < -0.39 is 0 Å². The zero-order valence-corrected chi connectivity index (χ0v) is 55.5. The molecule has 6 nitrogen and oxygen atoms in total. The number of furan rings is 2. The average Bonchev–Trinajstić information content (AvgIpc) is 1.49. The van der Waals surface area contributed by atoms with E-state index in [9.17, 15) is 0 Å². The van der Waals surface area contributed by atoms with E-state index in [2.05, 4.69) is 350 Å². The van der Waals surface area contributed by atoms with E-state index in [1.54, 1.807) is 0 Å². The molecule has 15 aromatic carbocycles. The van der Waals surface area contributed by atoms with Crippen LogP contribution in [0.4, 0.5) is 34.1 Å². The third-order valence-corrected chi connectivity index (χ3v) is 21.6. The van der Waals surface area contributed by atoms with Crippen LogP contribution in [0.5, 0.6) is 0 Å². The van der Waals surface area contributed by atoms with Gasteiger partial charge in [0.1, 0.15) is 11.2 Å². The number of rotatable bonds is 10. The van der Waals surface area contributed by atoms with Crippen LogP contribution >= 0.6 is 0 Å². The lowest BCUT2D eigenvalue weighted by Gasteiger charge is -2.29. The Bertz CT molecular complexity index is 6520. The van der Waals surface area contributed by atoms with Crippen LogP contribution in [0.2, 0.25) is 0 Å². The predicted molar refractivity (Wildman–Crippen MR) is 420 cm³/mol. The molecule has 470 valence electrons. The van der Waals surface area contributed by atoms with E-state index in [0.29, 0.717) is 0 Å². The zero-order chi connectivity index (χ0) is 66.2. The molecule has 0 unspecified atom stereocenters. The highest BCUT2D eigenvalue weighted by atomic mass is 16.3. The number of hydrogen-bond donors (Lipinski definition) is 0. The van der Waals surface area contributed by atoms with E-state index in [-0.39, 0.29) is 0 Å². The molecule has 0 saturated heterocycles. The summed E-state index contributed by atoms with van der Waals surface area (Å²) in [5.74, 6) is 0. The fraction of sp³-hybridized carbons (Fsp3) is 0.0426. The molecular weight excluding hydrogens is 1220 g/mol. The van der Waals surface area contributed by atoms with Crippen LogP contribution in [0.25, 0.3) is 165 Å². The van der Waals surface area contributed by atoms with Crippen LogP contribution < -0.4 is 9.80 Å². The Hall–Kier alpha value is -12.9. The minimum Gasteiger partial charge on any atom is -0.454 e. The van der Waals surface area contributed by atoms with Crippen molar-refractivity contribution in [2.24, 2.45) is 0 Å². The van der Waals surface area contributed by atoms with Crippen LogP contribution in [0.15, 0.2) is 312 Å². The summed E-state index contributed by atoms with van der Waals surface area (Å²) >= 11 is 0. The molecule has 0 fully saturated rings. The third-order valence-electron chi connectivity index (χ3n) is 21.6. The molecule has 6 aromatic heterocycles. The van der Waals surface area contributed by atoms with E-state index in [4.69, 9.17) is 8.83 Å². The number of hydrogen-bond acceptors (Lipinski definition) is 4. The first-order chi connectivity index (χ1) is 49.3. The SMILES string of the molecule is Cc1ccc(-c2ccccc2)cc1N(c1ccc2c(c1)c1cccc3c4c(-c5ccccc5)c5c(c(-c6ccccc6)c4n2c13)c1cccc2c3cc(N(c4cc(-c6ccccc6)ccc4C)c4c(C)ccc6c4oc4ccccc46)ccc3n5c21)c1c(C)ccc2c1oc1ccccc12. The van der Waals surface area contributed by atoms with Gasteiger partial charge in [0, 0.05) is 98.5 Å². The number of nitrogens with zero attached hydrogens (tertiary/aromatic N) is 4. The maximum absolute atomic E-state index is 7.01. The van der Waals surface area contributed by atoms with E-state index in [1.165, 1.54) is 87.4 Å². The summed E-state index contributed by atoms with van der Waals surface area (Å²) < 4.78 is 19.3. The molecule has 0 atom stereocenters. The molecule has 100 heavy (non-hydrogen) atoms. The summed E-state index contributed by atoms with van der Waals surface area (Å²) in [5.41, 5.74) is 30.8. The number of aryl methyl sites for hydroxylation is 4. The van der Waals surface area contributed by atoms with Crippen molar-refractivity contribution in [2.45, 2.75) is 27.7 Å². The molecule has 0 spiro atoms. The molecule has 0 saturated carbocycles. The monoisotopic (exact) mass is 1280 g/mol. The van der Waals surface area contributed by atoms with Gasteiger partial charge in [-0.1, -0.05) is 243 Å². The van der Waals surface area contributed by atoms with Crippen molar-refractivity contribution in [3.05, 3.63) is 326 Å². The molecule has 6 heterocycles. The third kappa shape index (κ3) is 7.95. The summed E-state index contributed by atoms with van der Waals surface area (Å²) in [6.45, 7) is 8.90. The number of benzene rings is 15. The first-order valence-electron chi connectivity index (χ1n) is 34.6. The normalized spacial score (nSPS) is 12.2. The molecular formula is C94H62N4O2. The van der Waals surface area contributed by atoms with Crippen molar-refractivity contribution in [3.8, 4) is 44.5 Å². The van der Waals surface area contributed by atoms with Gasteiger partial charge in [-0.05, 0) is 144 Å². The fourth-order valence-corrected chi connectivity index (χ4v) is 17.1. The van der Waals surface area contributed by atoms with Crippen molar-refractivity contribution >= 4 is 154 Å². The molecule has 21 aromatic rings. The van der Waals surface area contributed by atoms with Crippen LogP contribution in [0.3, 0.4) is 0 Å². The summed E-state index contributed by atoms with van der Waals surface area (Å²) in [4.78, 5) is 4.94. The van der Waals surface area contributed by atoms with Crippen molar-refractivity contribution < 1.29 is 8.83 Å². The highest BCUT2D eigenvalue weighted by molar-refractivity contribution is 6.38. The van der Waals surface area contributed by atoms with Gasteiger partial charge < -0.3 is 27.4 Å². The Labute approximate surface area is 575 Å². The lowest BCUT2D eigenvalue weighted by Crippen LogP contribution is -2.13. The quantitative estimate of drug-likeness (QED) is 0.137. The first kappa shape index (κ1) is 56.3. The second-order valence-electron chi connectivity index (χ2n) is 27.2. The van der Waals surface area contributed by atoms with Crippen molar-refractivity contribution in [3.63, 3.8) is 0 Å². The Morgan fingerprint density at radius 1 is 0.250 bits per heavy atom. The maximum Gasteiger partial charge on any atom is 0.159 e. The van der Waals surface area contributed by atoms with Gasteiger partial charge >= 0.3 is 0 Å². The van der Waals surface area contributed by atoms with Crippen LogP contribution in [0, 0.1) is 27.7 Å². The van der Waals surface area contributed by atoms with Crippen molar-refractivity contribution in [2.75, 3.05) is 9.80 Å². The Morgan fingerprint density at radius 3 is 1.03 bits per heavy atom. The predicted octanol–water partition coefficient (Wildman–Crippen LogP) is 26.6. The van der Waals surface area contributed by atoms with Gasteiger partial charge in [-0.25, -0.2) is 0 Å². The molecule has 6 heteroatoms. The Kier molecular flexibility index (Phi) is 12.0. The van der Waals surface area contributed by atoms with Gasteiger partial charge in [-0.2, -0.15) is 0 Å². The highest BCUT2D eigenvalue weighted by Crippen LogP contribution is 2.56. The summed E-state index contributed by atoms with van der Waals surface area (Å²) in [7, 11) is 0. The number of fused-ring (bicyclic) bond motifs is 18. The van der Waals surface area contributed by atoms with Gasteiger partial charge in [0.2, 0.25) is 0 Å². The average molecular weight is 1280 g/mol. The van der Waals surface area contributed by atoms with Crippen LogP contribution in [0.1, 0.15) is 22.3 Å². The lowest BCUT2D eigenvalue weighted by molar-refractivity contribution is 0.668. The van der Waals surface area contributed by atoms with Gasteiger partial charge in [-0.3, -0.25) is 0 Å². The van der Waals surface area contributed by atoms with E-state index in [1.807, 2.05) is 0 Å². The largest absolute Gasteiger partial charge is 0.454 e. The second kappa shape index (κ2) is 21.3. The standard InChI is InChI=1S/C94H62N4O2/c1-55-39-43-63(59-23-9-5-10-24-59)51-79(55)95(87-57(3)41-47-71-67-31-17-19-37-81(67)99-93(71)87)65-45-49-77-75(53-65)69-33-21-35-73-85-84(62-29-15-8-16-30-62)92-86(83(61-27-13-7-14-28-61)91(85)97(77)89(69)73)74-36-22-34-70-76-54-66(46-50-78(76)98(92)90(70)74)96(80-52-64(44-40-56(80)2)60-25-11-6-12-26-60)88-58(4)42-48-72-68-32-18-20-38-82(68)100-94(72)88/h5-54H,1-4H3. The molecule has 21 rings (SSSR count).